The molecule has 0 N–H and O–H groups in total. The lowest BCUT2D eigenvalue weighted by molar-refractivity contribution is -0.179. The van der Waals surface area contributed by atoms with Gasteiger partial charge in [0.05, 0.1) is 0 Å². The van der Waals surface area contributed by atoms with Crippen molar-refractivity contribution < 1.29 is 28.6 Å². The topological polar surface area (TPSA) is 82.1 Å². The second kappa shape index (κ2) is 7.99. The molecule has 0 saturated carbocycles. The molecule has 1 aliphatic heterocycles. The Morgan fingerprint density at radius 1 is 1.13 bits per heavy atom. The number of ether oxygens (including phenoxy) is 3. The molecular formula is C16H25NO6. The highest BCUT2D eigenvalue weighted by Crippen LogP contribution is 2.19. The summed E-state index contributed by atoms with van der Waals surface area (Å²) in [5.41, 5.74) is 0.369. The van der Waals surface area contributed by atoms with Crippen molar-refractivity contribution in [1.29, 1.82) is 0 Å². The third-order valence-electron chi connectivity index (χ3n) is 2.99. The van der Waals surface area contributed by atoms with Crippen LogP contribution < -0.4 is 0 Å². The van der Waals surface area contributed by atoms with Gasteiger partial charge in [-0.05, 0) is 33.6 Å². The molecule has 7 heteroatoms. The summed E-state index contributed by atoms with van der Waals surface area (Å²) in [6.45, 7) is 9.17. The molecule has 0 aliphatic carbocycles. The van der Waals surface area contributed by atoms with Crippen LogP contribution in [0, 0.1) is 0 Å². The Morgan fingerprint density at radius 2 is 1.70 bits per heavy atom. The molecule has 0 aromatic rings. The highest BCUT2D eigenvalue weighted by Gasteiger charge is 2.25. The molecule has 1 fully saturated rings. The maximum Gasteiger partial charge on any atom is 0.410 e. The molecule has 7 nitrogen and oxygen atoms in total. The summed E-state index contributed by atoms with van der Waals surface area (Å²) in [6.07, 6.45) is 1.29. The first-order chi connectivity index (χ1) is 10.6. The quantitative estimate of drug-likeness (QED) is 0.450. The third kappa shape index (κ3) is 7.67. The van der Waals surface area contributed by atoms with Crippen molar-refractivity contribution in [1.82, 2.24) is 4.90 Å². The van der Waals surface area contributed by atoms with E-state index in [1.54, 1.807) is 4.90 Å². The number of nitrogens with zero attached hydrogens (tertiary/aromatic N) is 1. The second-order valence-electron chi connectivity index (χ2n) is 6.38. The number of hydrogen-bond acceptors (Lipinski definition) is 6. The summed E-state index contributed by atoms with van der Waals surface area (Å²) in [4.78, 5) is 36.0. The molecule has 0 aromatic heterocycles. The number of hydrogen-bond donors (Lipinski definition) is 0. The van der Waals surface area contributed by atoms with Crippen molar-refractivity contribution in [2.75, 3.05) is 13.1 Å². The summed E-state index contributed by atoms with van der Waals surface area (Å²) < 4.78 is 15.0. The van der Waals surface area contributed by atoms with E-state index in [0.29, 0.717) is 25.9 Å². The summed E-state index contributed by atoms with van der Waals surface area (Å²) in [6, 6.07) is 0. The standard InChI is InChI=1S/C16H25NO6/c1-11(18)21-12(2)22-14(19)10-13-6-8-17(9-7-13)15(20)23-16(3,4)5/h10,12H,6-9H2,1-5H3. The van der Waals surface area contributed by atoms with Crippen molar-refractivity contribution >= 4 is 18.0 Å². The first-order valence-electron chi connectivity index (χ1n) is 7.62. The molecular weight excluding hydrogens is 302 g/mol. The van der Waals surface area contributed by atoms with Gasteiger partial charge in [0.1, 0.15) is 5.60 Å². The maximum atomic E-state index is 11.9. The molecule has 1 amide bonds. The van der Waals surface area contributed by atoms with E-state index in [1.165, 1.54) is 19.9 Å². The molecule has 23 heavy (non-hydrogen) atoms. The van der Waals surface area contributed by atoms with Crippen LogP contribution in [0.1, 0.15) is 47.5 Å². The van der Waals surface area contributed by atoms with Crippen LogP contribution in [0.4, 0.5) is 4.79 Å². The number of likely N-dealkylation sites (tertiary alicyclic amines) is 1. The Kier molecular flexibility index (Phi) is 6.60. The van der Waals surface area contributed by atoms with Gasteiger partial charge in [0.25, 0.3) is 0 Å². The van der Waals surface area contributed by atoms with Gasteiger partial charge in [-0.15, -0.1) is 0 Å². The van der Waals surface area contributed by atoms with Gasteiger partial charge in [0.2, 0.25) is 6.29 Å². The zero-order chi connectivity index (χ0) is 17.6. The number of carbonyl (C=O) groups is 3. The number of carbonyl (C=O) groups excluding carboxylic acids is 3. The smallest absolute Gasteiger partial charge is 0.410 e. The fraction of sp³-hybridized carbons (Fsp3) is 0.688. The Labute approximate surface area is 136 Å². The van der Waals surface area contributed by atoms with Crippen molar-refractivity contribution in [2.45, 2.75) is 59.4 Å². The molecule has 0 aromatic carbocycles. The Hall–Kier alpha value is -2.05. The molecule has 1 heterocycles. The van der Waals surface area contributed by atoms with Crippen LogP contribution >= 0.6 is 0 Å². The highest BCUT2D eigenvalue weighted by atomic mass is 16.7. The predicted molar refractivity (Wildman–Crippen MR) is 82.4 cm³/mol. The van der Waals surface area contributed by atoms with E-state index in [2.05, 4.69) is 0 Å². The molecule has 1 atom stereocenters. The Morgan fingerprint density at radius 3 is 2.17 bits per heavy atom. The Balaban J connectivity index is 2.44. The summed E-state index contributed by atoms with van der Waals surface area (Å²) >= 11 is 0. The molecule has 0 radical (unpaired) electrons. The van der Waals surface area contributed by atoms with Crippen LogP contribution in [0.25, 0.3) is 0 Å². The third-order valence-corrected chi connectivity index (χ3v) is 2.99. The van der Waals surface area contributed by atoms with Gasteiger partial charge < -0.3 is 19.1 Å². The van der Waals surface area contributed by atoms with Crippen molar-refractivity contribution in [3.63, 3.8) is 0 Å². The van der Waals surface area contributed by atoms with E-state index in [0.717, 1.165) is 5.57 Å². The monoisotopic (exact) mass is 327 g/mol. The summed E-state index contributed by atoms with van der Waals surface area (Å²) in [5.74, 6) is -1.07. The van der Waals surface area contributed by atoms with Crippen LogP contribution in [0.15, 0.2) is 11.6 Å². The van der Waals surface area contributed by atoms with Crippen LogP contribution in [0.2, 0.25) is 0 Å². The minimum Gasteiger partial charge on any atom is -0.444 e. The average molecular weight is 327 g/mol. The van der Waals surface area contributed by atoms with E-state index in [9.17, 15) is 14.4 Å². The first kappa shape index (κ1) is 19.0. The fourth-order valence-electron chi connectivity index (χ4n) is 2.07. The lowest BCUT2D eigenvalue weighted by Crippen LogP contribution is -2.40. The molecule has 130 valence electrons. The van der Waals surface area contributed by atoms with Gasteiger partial charge >= 0.3 is 18.0 Å². The van der Waals surface area contributed by atoms with Crippen molar-refractivity contribution in [3.05, 3.63) is 11.6 Å². The Bertz CT molecular complexity index is 481. The van der Waals surface area contributed by atoms with Gasteiger partial charge in [0.15, 0.2) is 0 Å². The van der Waals surface area contributed by atoms with Gasteiger partial charge in [-0.2, -0.15) is 0 Å². The molecule has 0 bridgehead atoms. The van der Waals surface area contributed by atoms with Gasteiger partial charge in [-0.3, -0.25) is 4.79 Å². The predicted octanol–water partition coefficient (Wildman–Crippen LogP) is 2.40. The first-order valence-corrected chi connectivity index (χ1v) is 7.62. The van der Waals surface area contributed by atoms with E-state index in [-0.39, 0.29) is 6.09 Å². The van der Waals surface area contributed by atoms with Crippen LogP contribution in [-0.4, -0.2) is 47.9 Å². The van der Waals surface area contributed by atoms with Crippen LogP contribution in [0.5, 0.6) is 0 Å². The van der Waals surface area contributed by atoms with Gasteiger partial charge in [-0.1, -0.05) is 5.57 Å². The van der Waals surface area contributed by atoms with E-state index < -0.39 is 23.8 Å². The normalized spacial score (nSPS) is 16.4. The molecule has 1 saturated heterocycles. The van der Waals surface area contributed by atoms with Crippen molar-refractivity contribution in [2.24, 2.45) is 0 Å². The largest absolute Gasteiger partial charge is 0.444 e. The SMILES string of the molecule is CC(=O)OC(C)OC(=O)C=C1CCN(C(=O)OC(C)(C)C)CC1. The second-order valence-corrected chi connectivity index (χ2v) is 6.38. The van der Waals surface area contributed by atoms with Gasteiger partial charge in [0, 0.05) is 33.0 Å². The fourth-order valence-corrected chi connectivity index (χ4v) is 2.07. The zero-order valence-electron chi connectivity index (χ0n) is 14.4. The molecule has 1 aliphatic rings. The number of rotatable bonds is 3. The molecule has 1 unspecified atom stereocenters. The minimum absolute atomic E-state index is 0.345. The van der Waals surface area contributed by atoms with Gasteiger partial charge in [-0.25, -0.2) is 9.59 Å². The highest BCUT2D eigenvalue weighted by molar-refractivity contribution is 5.83. The number of amides is 1. The van der Waals surface area contributed by atoms with E-state index in [4.69, 9.17) is 14.2 Å². The summed E-state index contributed by atoms with van der Waals surface area (Å²) in [5, 5.41) is 0. The van der Waals surface area contributed by atoms with Crippen LogP contribution in [0.3, 0.4) is 0 Å². The van der Waals surface area contributed by atoms with Crippen molar-refractivity contribution in [3.8, 4) is 0 Å². The van der Waals surface area contributed by atoms with E-state index in [1.807, 2.05) is 20.8 Å². The maximum absolute atomic E-state index is 11.9. The zero-order valence-corrected chi connectivity index (χ0v) is 14.4. The molecule has 1 rings (SSSR count). The average Bonchev–Trinajstić information content (AvgIpc) is 2.35. The lowest BCUT2D eigenvalue weighted by atomic mass is 10.0. The minimum atomic E-state index is -0.918. The number of piperidine rings is 1. The number of esters is 2. The molecule has 0 spiro atoms. The van der Waals surface area contributed by atoms with Crippen LogP contribution in [-0.2, 0) is 23.8 Å². The van der Waals surface area contributed by atoms with E-state index >= 15 is 0 Å². The summed E-state index contributed by atoms with van der Waals surface area (Å²) in [7, 11) is 0. The lowest BCUT2D eigenvalue weighted by Gasteiger charge is -2.30.